The third kappa shape index (κ3) is 3.60. The summed E-state index contributed by atoms with van der Waals surface area (Å²) in [6.45, 7) is 0.654. The van der Waals surface area contributed by atoms with Crippen molar-refractivity contribution in [3.63, 3.8) is 0 Å². The number of nitrogens with one attached hydrogen (secondary N) is 1. The van der Waals surface area contributed by atoms with Crippen molar-refractivity contribution >= 4 is 35.3 Å². The van der Waals surface area contributed by atoms with Crippen molar-refractivity contribution in [2.24, 2.45) is 0 Å². The Kier molecular flexibility index (Phi) is 4.48. The van der Waals surface area contributed by atoms with Crippen LogP contribution in [0.4, 0.5) is 5.82 Å². The van der Waals surface area contributed by atoms with Gasteiger partial charge >= 0.3 is 7.60 Å². The number of fused-ring (bicyclic) bond motifs is 3. The Morgan fingerprint density at radius 3 is 2.37 bits per heavy atom. The summed E-state index contributed by atoms with van der Waals surface area (Å²) in [5.41, 5.74) is 4.80. The van der Waals surface area contributed by atoms with Crippen LogP contribution in [0, 0.1) is 0 Å². The predicted molar refractivity (Wildman–Crippen MR) is 108 cm³/mol. The van der Waals surface area contributed by atoms with Gasteiger partial charge in [-0.3, -0.25) is 4.57 Å². The molecule has 0 aliphatic heterocycles. The molecule has 6 nitrogen and oxygen atoms in total. The number of hydrogen-bond donors (Lipinski definition) is 3. The molecule has 2 heterocycles. The molecule has 0 bridgehead atoms. The summed E-state index contributed by atoms with van der Waals surface area (Å²) < 4.78 is 13.4. The summed E-state index contributed by atoms with van der Waals surface area (Å²) in [6.07, 6.45) is -0.237. The molecule has 4 rings (SSSR count). The molecule has 0 saturated carbocycles. The van der Waals surface area contributed by atoms with Crippen molar-refractivity contribution in [2.75, 3.05) is 12.4 Å². The molecule has 2 aromatic heterocycles. The van der Waals surface area contributed by atoms with E-state index in [1.54, 1.807) is 12.1 Å². The maximum atomic E-state index is 11.2. The lowest BCUT2D eigenvalue weighted by Gasteiger charge is -2.09. The minimum atomic E-state index is -4.05. The number of nitrogens with zero attached hydrogens (tertiary/aromatic N) is 2. The lowest BCUT2D eigenvalue weighted by molar-refractivity contribution is 0.371. The first-order chi connectivity index (χ1) is 12.9. The van der Waals surface area contributed by atoms with Gasteiger partial charge in [0, 0.05) is 19.0 Å². The van der Waals surface area contributed by atoms with Crippen molar-refractivity contribution < 1.29 is 14.4 Å². The molecule has 3 N–H and O–H groups in total. The molecule has 0 spiro atoms. The van der Waals surface area contributed by atoms with Gasteiger partial charge in [-0.1, -0.05) is 42.5 Å². The normalized spacial score (nSPS) is 12.0. The van der Waals surface area contributed by atoms with Crippen molar-refractivity contribution in [2.45, 2.75) is 12.7 Å². The molecule has 0 fully saturated rings. The van der Waals surface area contributed by atoms with Crippen LogP contribution in [0.1, 0.15) is 11.1 Å². The number of aromatic nitrogens is 2. The zero-order valence-electron chi connectivity index (χ0n) is 14.8. The molecule has 2 aromatic carbocycles. The minimum absolute atomic E-state index is 0.237. The topological polar surface area (TPSA) is 87.4 Å². The van der Waals surface area contributed by atoms with Crippen LogP contribution >= 0.6 is 7.60 Å². The van der Waals surface area contributed by atoms with Crippen molar-refractivity contribution in [3.05, 3.63) is 71.8 Å². The van der Waals surface area contributed by atoms with Crippen LogP contribution in [0.2, 0.25) is 0 Å². The molecule has 7 heteroatoms. The van der Waals surface area contributed by atoms with E-state index in [0.29, 0.717) is 12.1 Å². The third-order valence-corrected chi connectivity index (χ3v) is 5.40. The molecule has 0 radical (unpaired) electrons. The smallest absolute Gasteiger partial charge is 0.329 e. The highest BCUT2D eigenvalue weighted by Gasteiger charge is 2.15. The van der Waals surface area contributed by atoms with Crippen LogP contribution in [-0.2, 0) is 17.3 Å². The van der Waals surface area contributed by atoms with Crippen LogP contribution < -0.4 is 5.32 Å². The molecular weight excluding hydrogens is 361 g/mol. The van der Waals surface area contributed by atoms with E-state index in [1.165, 1.54) is 0 Å². The summed E-state index contributed by atoms with van der Waals surface area (Å²) >= 11 is 0. The van der Waals surface area contributed by atoms with Gasteiger partial charge in [0.05, 0.1) is 22.7 Å². The van der Waals surface area contributed by atoms with Crippen molar-refractivity contribution in [1.82, 2.24) is 9.55 Å². The largest absolute Gasteiger partial charge is 0.373 e. The summed E-state index contributed by atoms with van der Waals surface area (Å²) in [4.78, 5) is 23.0. The summed E-state index contributed by atoms with van der Waals surface area (Å²) in [5, 5.41) is 4.18. The van der Waals surface area contributed by atoms with E-state index in [4.69, 9.17) is 14.8 Å². The zero-order valence-corrected chi connectivity index (χ0v) is 15.7. The van der Waals surface area contributed by atoms with Crippen LogP contribution in [0.3, 0.4) is 0 Å². The fraction of sp³-hybridized carbons (Fsp3) is 0.150. The lowest BCUT2D eigenvalue weighted by Crippen LogP contribution is -2.00. The van der Waals surface area contributed by atoms with E-state index in [0.717, 1.165) is 33.3 Å². The molecule has 0 atom stereocenters. The predicted octanol–water partition coefficient (Wildman–Crippen LogP) is 3.96. The second kappa shape index (κ2) is 6.82. The number of pyridine rings is 1. The molecule has 27 heavy (non-hydrogen) atoms. The van der Waals surface area contributed by atoms with Gasteiger partial charge in [-0.25, -0.2) is 4.98 Å². The van der Waals surface area contributed by atoms with Gasteiger partial charge in [0.15, 0.2) is 0 Å². The SMILES string of the molecule is CNc1ccc2c(n1)c1ccccc1n2Cc1ccc(CP(=O)(O)O)cc1. The highest BCUT2D eigenvalue weighted by molar-refractivity contribution is 7.50. The summed E-state index contributed by atoms with van der Waals surface area (Å²) in [7, 11) is -2.20. The van der Waals surface area contributed by atoms with E-state index in [-0.39, 0.29) is 6.16 Å². The fourth-order valence-electron chi connectivity index (χ4n) is 3.39. The van der Waals surface area contributed by atoms with Crippen LogP contribution in [0.15, 0.2) is 60.7 Å². The van der Waals surface area contributed by atoms with Gasteiger partial charge in [0.1, 0.15) is 5.82 Å². The Bertz CT molecular complexity index is 1160. The first kappa shape index (κ1) is 17.7. The number of para-hydroxylation sites is 1. The molecule has 4 aromatic rings. The molecule has 0 saturated heterocycles. The maximum absolute atomic E-state index is 11.2. The second-order valence-electron chi connectivity index (χ2n) is 6.56. The Labute approximate surface area is 156 Å². The molecule has 0 aliphatic rings. The average Bonchev–Trinajstić information content (AvgIpc) is 2.95. The first-order valence-corrected chi connectivity index (χ1v) is 10.4. The molecule has 0 unspecified atom stereocenters. The van der Waals surface area contributed by atoms with Crippen LogP contribution in [0.25, 0.3) is 21.9 Å². The second-order valence-corrected chi connectivity index (χ2v) is 8.20. The Morgan fingerprint density at radius 2 is 1.67 bits per heavy atom. The quantitative estimate of drug-likeness (QED) is 0.456. The molecule has 138 valence electrons. The van der Waals surface area contributed by atoms with E-state index in [1.807, 2.05) is 37.4 Å². The average molecular weight is 381 g/mol. The minimum Gasteiger partial charge on any atom is -0.373 e. The molecular formula is C20H20N3O3P. The summed E-state index contributed by atoms with van der Waals surface area (Å²) in [6, 6.07) is 19.6. The van der Waals surface area contributed by atoms with E-state index in [9.17, 15) is 4.57 Å². The fourth-order valence-corrected chi connectivity index (χ4v) is 4.07. The lowest BCUT2D eigenvalue weighted by atomic mass is 10.1. The van der Waals surface area contributed by atoms with E-state index < -0.39 is 7.60 Å². The Morgan fingerprint density at radius 1 is 0.963 bits per heavy atom. The Hall–Kier alpha value is -2.66. The maximum Gasteiger partial charge on any atom is 0.329 e. The van der Waals surface area contributed by atoms with E-state index >= 15 is 0 Å². The standard InChI is InChI=1S/C20H20N3O3P/c1-21-19-11-10-18-20(22-19)16-4-2-3-5-17(16)23(18)12-14-6-8-15(9-7-14)13-27(24,25)26/h2-11H,12-13H2,1H3,(H,21,22)(H2,24,25,26). The van der Waals surface area contributed by atoms with Crippen molar-refractivity contribution in [3.8, 4) is 0 Å². The zero-order chi connectivity index (χ0) is 19.0. The monoisotopic (exact) mass is 381 g/mol. The Balaban J connectivity index is 1.76. The van der Waals surface area contributed by atoms with Crippen LogP contribution in [-0.4, -0.2) is 26.4 Å². The molecule has 0 aliphatic carbocycles. The third-order valence-electron chi connectivity index (χ3n) is 4.62. The number of benzene rings is 2. The van der Waals surface area contributed by atoms with Gasteiger partial charge in [-0.2, -0.15) is 0 Å². The number of hydrogen-bond acceptors (Lipinski definition) is 3. The van der Waals surface area contributed by atoms with Crippen molar-refractivity contribution in [1.29, 1.82) is 0 Å². The summed E-state index contributed by atoms with van der Waals surface area (Å²) in [5.74, 6) is 0.826. The van der Waals surface area contributed by atoms with Gasteiger partial charge in [0.2, 0.25) is 0 Å². The highest BCUT2D eigenvalue weighted by atomic mass is 31.2. The van der Waals surface area contributed by atoms with Gasteiger partial charge in [-0.15, -0.1) is 0 Å². The van der Waals surface area contributed by atoms with E-state index in [2.05, 4.69) is 28.1 Å². The van der Waals surface area contributed by atoms with Crippen LogP contribution in [0.5, 0.6) is 0 Å². The van der Waals surface area contributed by atoms with Gasteiger partial charge in [-0.05, 0) is 29.3 Å². The number of rotatable bonds is 5. The first-order valence-electron chi connectivity index (χ1n) is 8.63. The highest BCUT2D eigenvalue weighted by Crippen LogP contribution is 2.39. The molecule has 0 amide bonds. The van der Waals surface area contributed by atoms with Gasteiger partial charge < -0.3 is 19.7 Å². The van der Waals surface area contributed by atoms with Gasteiger partial charge in [0.25, 0.3) is 0 Å². The number of anilines is 1.